The van der Waals surface area contributed by atoms with E-state index in [1.807, 2.05) is 0 Å². The molecule has 2 amide bonds. The summed E-state index contributed by atoms with van der Waals surface area (Å²) in [6, 6.07) is -2.53. The molecule has 23 heteroatoms. The number of aliphatic carboxylic acids is 1. The topological polar surface area (TPSA) is 373 Å². The molecule has 0 aromatic heterocycles. The predicted molar refractivity (Wildman–Crippen MR) is 398 cm³/mol. The zero-order valence-electron chi connectivity index (χ0n) is 64.2. The highest BCUT2D eigenvalue weighted by Gasteiger charge is 2.60. The smallest absolute Gasteiger partial charge is 0.364 e. The lowest BCUT2D eigenvalue weighted by Crippen LogP contribution is -2.70. The van der Waals surface area contributed by atoms with Gasteiger partial charge in [-0.15, -0.1) is 0 Å². The molecular weight excluding hydrogens is 1320 g/mol. The summed E-state index contributed by atoms with van der Waals surface area (Å²) in [6.45, 7) is 2.27. The molecule has 0 saturated carbocycles. The van der Waals surface area contributed by atoms with Crippen LogP contribution in [-0.2, 0) is 42.8 Å². The minimum absolute atomic E-state index is 0.226. The molecule has 3 aliphatic heterocycles. The van der Waals surface area contributed by atoms with Crippen LogP contribution in [0.2, 0.25) is 0 Å². The van der Waals surface area contributed by atoms with E-state index in [1.54, 1.807) is 0 Å². The monoisotopic (exact) mass is 1480 g/mol. The maximum absolute atomic E-state index is 13.6. The molecule has 0 aromatic carbocycles. The highest BCUT2D eigenvalue weighted by Crippen LogP contribution is 2.39. The van der Waals surface area contributed by atoms with Gasteiger partial charge in [-0.2, -0.15) is 0 Å². The second-order valence-corrected chi connectivity index (χ2v) is 30.3. The molecule has 0 spiro atoms. The first-order valence-corrected chi connectivity index (χ1v) is 41.5. The van der Waals surface area contributed by atoms with Crippen LogP contribution in [0.3, 0.4) is 0 Å². The van der Waals surface area contributed by atoms with E-state index in [4.69, 9.17) is 28.4 Å². The Labute approximate surface area is 620 Å². The molecular formula is C80H150N2O21. The van der Waals surface area contributed by atoms with Gasteiger partial charge in [0, 0.05) is 19.8 Å². The van der Waals surface area contributed by atoms with Crippen LogP contribution in [0.15, 0.2) is 12.2 Å². The number of hydrogen-bond donors (Lipinski definition) is 14. The molecule has 606 valence electrons. The normalized spacial score (nSPS) is 26.5. The molecule has 14 N–H and O–H groups in total. The van der Waals surface area contributed by atoms with Crippen molar-refractivity contribution in [3.05, 3.63) is 12.2 Å². The van der Waals surface area contributed by atoms with Crippen molar-refractivity contribution < 1.29 is 104 Å². The van der Waals surface area contributed by atoms with E-state index in [1.165, 1.54) is 238 Å². The summed E-state index contributed by atoms with van der Waals surface area (Å²) in [5.74, 6) is -6.09. The molecule has 3 rings (SSSR count). The summed E-state index contributed by atoms with van der Waals surface area (Å²) in [7, 11) is 0. The second-order valence-electron chi connectivity index (χ2n) is 30.3. The molecule has 23 nitrogen and oxygen atoms in total. The number of carboxylic acid groups (broad SMARTS) is 1. The summed E-state index contributed by atoms with van der Waals surface area (Å²) >= 11 is 0. The largest absolute Gasteiger partial charge is 0.477 e. The summed E-state index contributed by atoms with van der Waals surface area (Å²) < 4.78 is 35.0. The fraction of sp³-hybridized carbons (Fsp3) is 0.938. The fourth-order valence-electron chi connectivity index (χ4n) is 14.7. The average molecular weight is 1480 g/mol. The molecule has 18 unspecified atom stereocenters. The zero-order chi connectivity index (χ0) is 75.3. The molecule has 3 fully saturated rings. The number of carbonyl (C=O) groups excluding carboxylic acids is 2. The van der Waals surface area contributed by atoms with E-state index in [0.717, 1.165) is 58.3 Å². The van der Waals surface area contributed by atoms with Gasteiger partial charge in [-0.25, -0.2) is 4.79 Å². The number of ether oxygens (including phenoxy) is 6. The molecule has 0 radical (unpaired) electrons. The first-order valence-electron chi connectivity index (χ1n) is 41.5. The molecule has 3 heterocycles. The molecule has 0 aromatic rings. The van der Waals surface area contributed by atoms with Crippen LogP contribution >= 0.6 is 0 Å². The first-order chi connectivity index (χ1) is 49.9. The standard InChI is InChI=1S/C80H150N2O21/c1-4-6-8-10-12-14-16-18-20-22-24-26-27-28-29-30-31-32-33-34-36-38-40-42-44-46-48-50-52-54-67(90)82-61(62(87)53-51-49-47-45-43-41-39-37-35-25-23-21-19-17-15-13-11-9-7-5-2)59-98-77-72(94)71(93)74(66(58-85)100-77)101-78-73(95)76(70(92)65(57-84)99-78)103-80(79(96)97)55-63(88)68(81-60(3)86)75(102-80)69(91)64(89)56-83/h28-29,61-66,68-78,83-85,87-89,91-95H,4-27,30-59H2,1-3H3,(H,81,86)(H,82,90)(H,96,97)/b29-28-. The van der Waals surface area contributed by atoms with Crippen molar-refractivity contribution in [1.82, 2.24) is 10.6 Å². The van der Waals surface area contributed by atoms with Crippen molar-refractivity contribution in [2.45, 2.75) is 452 Å². The van der Waals surface area contributed by atoms with E-state index in [2.05, 4.69) is 36.6 Å². The number of aliphatic hydroxyl groups excluding tert-OH is 11. The van der Waals surface area contributed by atoms with E-state index < -0.39 is 148 Å². The van der Waals surface area contributed by atoms with Crippen LogP contribution in [0.4, 0.5) is 0 Å². The molecule has 103 heavy (non-hydrogen) atoms. The van der Waals surface area contributed by atoms with Crippen LogP contribution in [0, 0.1) is 0 Å². The van der Waals surface area contributed by atoms with Crippen LogP contribution in [0.25, 0.3) is 0 Å². The number of carboxylic acids is 1. The second kappa shape index (κ2) is 59.4. The summed E-state index contributed by atoms with van der Waals surface area (Å²) in [5.41, 5.74) is 0. The van der Waals surface area contributed by atoms with Crippen molar-refractivity contribution in [2.24, 2.45) is 0 Å². The molecule has 18 atom stereocenters. The van der Waals surface area contributed by atoms with Crippen LogP contribution in [0.5, 0.6) is 0 Å². The van der Waals surface area contributed by atoms with Gasteiger partial charge in [-0.3, -0.25) is 9.59 Å². The Bertz CT molecular complexity index is 2100. The van der Waals surface area contributed by atoms with Gasteiger partial charge in [0.25, 0.3) is 5.79 Å². The lowest BCUT2D eigenvalue weighted by atomic mass is 9.88. The number of amides is 2. The first kappa shape index (κ1) is 94.7. The molecule has 0 bridgehead atoms. The minimum Gasteiger partial charge on any atom is -0.477 e. The van der Waals surface area contributed by atoms with Crippen molar-refractivity contribution >= 4 is 17.8 Å². The third kappa shape index (κ3) is 39.6. The van der Waals surface area contributed by atoms with Gasteiger partial charge in [-0.1, -0.05) is 296 Å². The van der Waals surface area contributed by atoms with Gasteiger partial charge in [0.2, 0.25) is 11.8 Å². The summed E-state index contributed by atoms with van der Waals surface area (Å²) in [5, 5.41) is 137. The van der Waals surface area contributed by atoms with E-state index in [-0.39, 0.29) is 18.9 Å². The third-order valence-electron chi connectivity index (χ3n) is 21.2. The van der Waals surface area contributed by atoms with Gasteiger partial charge in [0.05, 0.1) is 50.7 Å². The van der Waals surface area contributed by atoms with Crippen molar-refractivity contribution in [3.63, 3.8) is 0 Å². The van der Waals surface area contributed by atoms with E-state index in [0.29, 0.717) is 19.3 Å². The molecule has 3 aliphatic rings. The number of allylic oxidation sites excluding steroid dienone is 2. The van der Waals surface area contributed by atoms with E-state index >= 15 is 0 Å². The van der Waals surface area contributed by atoms with Gasteiger partial charge in [-0.05, 0) is 38.5 Å². The van der Waals surface area contributed by atoms with Crippen LogP contribution in [0.1, 0.15) is 342 Å². The quantitative estimate of drug-likeness (QED) is 0.0199. The number of hydrogen-bond acceptors (Lipinski definition) is 20. The van der Waals surface area contributed by atoms with Crippen molar-refractivity contribution in [3.8, 4) is 0 Å². The predicted octanol–water partition coefficient (Wildman–Crippen LogP) is 11.4. The van der Waals surface area contributed by atoms with Gasteiger partial charge in [0.15, 0.2) is 12.6 Å². The highest BCUT2D eigenvalue weighted by molar-refractivity contribution is 5.77. The molecule has 0 aliphatic carbocycles. The Morgan fingerprint density at radius 3 is 1.31 bits per heavy atom. The maximum Gasteiger partial charge on any atom is 0.364 e. The zero-order valence-corrected chi connectivity index (χ0v) is 64.2. The maximum atomic E-state index is 13.6. The van der Waals surface area contributed by atoms with Crippen LogP contribution in [-0.4, -0.2) is 215 Å². The fourth-order valence-corrected chi connectivity index (χ4v) is 14.7. The Kier molecular flexibility index (Phi) is 54.6. The Morgan fingerprint density at radius 2 is 0.903 bits per heavy atom. The average Bonchev–Trinajstić information content (AvgIpc) is 0.755. The Morgan fingerprint density at radius 1 is 0.495 bits per heavy atom. The van der Waals surface area contributed by atoms with Gasteiger partial charge >= 0.3 is 5.97 Å². The number of carbonyl (C=O) groups is 3. The van der Waals surface area contributed by atoms with Gasteiger partial charge < -0.3 is 100 Å². The summed E-state index contributed by atoms with van der Waals surface area (Å²) in [6.07, 6.45) is 34.9. The van der Waals surface area contributed by atoms with E-state index in [9.17, 15) is 75.7 Å². The SMILES string of the molecule is CCCCCCCCCCCCCC/C=C\CCCCCCCCCCCCCCCC(=O)NC(COC1OC(CO)C(OC2OC(CO)C(O)C(OC3(C(=O)O)CC(O)C(NC(C)=O)C(C(O)C(O)CO)O3)C2O)C(O)C1O)C(O)CCCCCCCCCCCCCCCCCCCCCC. The number of nitrogens with one attached hydrogen (secondary N) is 2. The Balaban J connectivity index is 1.49. The van der Waals surface area contributed by atoms with Crippen molar-refractivity contribution in [1.29, 1.82) is 0 Å². The number of rotatable bonds is 66. The summed E-state index contributed by atoms with van der Waals surface area (Å²) in [4.78, 5) is 38.7. The lowest BCUT2D eigenvalue weighted by Gasteiger charge is -2.50. The van der Waals surface area contributed by atoms with Crippen molar-refractivity contribution in [2.75, 3.05) is 26.4 Å². The number of unbranched alkanes of at least 4 members (excludes halogenated alkanes) is 44. The third-order valence-corrected chi connectivity index (χ3v) is 21.2. The minimum atomic E-state index is -3.08. The van der Waals surface area contributed by atoms with Crippen LogP contribution < -0.4 is 10.6 Å². The number of aliphatic hydroxyl groups is 11. The molecule has 3 saturated heterocycles. The highest BCUT2D eigenvalue weighted by atomic mass is 16.8. The Hall–Kier alpha value is -2.53. The van der Waals surface area contributed by atoms with Gasteiger partial charge in [0.1, 0.15) is 67.1 Å². The lowest BCUT2D eigenvalue weighted by molar-refractivity contribution is -0.386.